The van der Waals surface area contributed by atoms with E-state index >= 15 is 0 Å². The average molecular weight is 454 g/mol. The van der Waals surface area contributed by atoms with E-state index in [2.05, 4.69) is 21.2 Å². The number of hydrogen-bond acceptors (Lipinski definition) is 4. The summed E-state index contributed by atoms with van der Waals surface area (Å²) < 4.78 is 12.0. The first-order valence-corrected chi connectivity index (χ1v) is 9.85. The van der Waals surface area contributed by atoms with Crippen LogP contribution in [-0.2, 0) is 16.1 Å². The first-order valence-electron chi connectivity index (χ1n) is 9.06. The van der Waals surface area contributed by atoms with Crippen LogP contribution in [0.1, 0.15) is 22.8 Å². The van der Waals surface area contributed by atoms with Gasteiger partial charge in [-0.05, 0) is 48.9 Å². The molecule has 0 spiro atoms. The standard InChI is InChI=1S/C23H20BrNO4/c1-16(22(26)25-19-13-11-18(24)12-14-19)29-23(27)20-9-5-6-10-21(20)28-15-17-7-3-2-4-8-17/h2-14,16H,15H2,1H3,(H,25,26)/t16-/m0/s1. The van der Waals surface area contributed by atoms with Crippen LogP contribution in [0.3, 0.4) is 0 Å². The number of rotatable bonds is 7. The van der Waals surface area contributed by atoms with Gasteiger partial charge in [-0.3, -0.25) is 4.79 Å². The van der Waals surface area contributed by atoms with Gasteiger partial charge < -0.3 is 14.8 Å². The second-order valence-electron chi connectivity index (χ2n) is 6.31. The number of carbonyl (C=O) groups is 2. The molecule has 0 saturated carbocycles. The molecular weight excluding hydrogens is 434 g/mol. The highest BCUT2D eigenvalue weighted by molar-refractivity contribution is 9.10. The maximum Gasteiger partial charge on any atom is 0.342 e. The van der Waals surface area contributed by atoms with E-state index in [0.717, 1.165) is 10.0 Å². The van der Waals surface area contributed by atoms with E-state index in [1.165, 1.54) is 6.92 Å². The fraction of sp³-hybridized carbons (Fsp3) is 0.130. The van der Waals surface area contributed by atoms with Crippen LogP contribution in [0.25, 0.3) is 0 Å². The van der Waals surface area contributed by atoms with Gasteiger partial charge in [0.2, 0.25) is 0 Å². The molecule has 1 amide bonds. The zero-order valence-electron chi connectivity index (χ0n) is 15.8. The molecule has 29 heavy (non-hydrogen) atoms. The van der Waals surface area contributed by atoms with Crippen LogP contribution in [0, 0.1) is 0 Å². The van der Waals surface area contributed by atoms with Crippen molar-refractivity contribution in [3.63, 3.8) is 0 Å². The Morgan fingerprint density at radius 2 is 1.59 bits per heavy atom. The number of carbonyl (C=O) groups excluding carboxylic acids is 2. The second-order valence-corrected chi connectivity index (χ2v) is 7.23. The van der Waals surface area contributed by atoms with Crippen molar-refractivity contribution >= 4 is 33.5 Å². The minimum atomic E-state index is -0.965. The molecule has 0 aromatic heterocycles. The summed E-state index contributed by atoms with van der Waals surface area (Å²) in [6, 6.07) is 23.6. The maximum atomic E-state index is 12.6. The number of ether oxygens (including phenoxy) is 2. The highest BCUT2D eigenvalue weighted by Gasteiger charge is 2.21. The molecular formula is C23H20BrNO4. The third-order valence-corrected chi connectivity index (χ3v) is 4.64. The van der Waals surface area contributed by atoms with Gasteiger partial charge in [0.25, 0.3) is 5.91 Å². The zero-order valence-corrected chi connectivity index (χ0v) is 17.4. The van der Waals surface area contributed by atoms with Crippen LogP contribution < -0.4 is 10.1 Å². The molecule has 0 radical (unpaired) electrons. The summed E-state index contributed by atoms with van der Waals surface area (Å²) in [5.74, 6) is -0.627. The van der Waals surface area contributed by atoms with Gasteiger partial charge in [0.15, 0.2) is 6.10 Å². The highest BCUT2D eigenvalue weighted by Crippen LogP contribution is 2.21. The van der Waals surface area contributed by atoms with E-state index in [9.17, 15) is 9.59 Å². The van der Waals surface area contributed by atoms with E-state index < -0.39 is 18.0 Å². The van der Waals surface area contributed by atoms with Crippen molar-refractivity contribution in [1.29, 1.82) is 0 Å². The predicted octanol–water partition coefficient (Wildman–Crippen LogP) is 5.21. The van der Waals surface area contributed by atoms with Crippen molar-refractivity contribution in [2.24, 2.45) is 0 Å². The van der Waals surface area contributed by atoms with E-state index in [-0.39, 0.29) is 5.56 Å². The molecule has 0 saturated heterocycles. The van der Waals surface area contributed by atoms with Gasteiger partial charge in [-0.15, -0.1) is 0 Å². The number of esters is 1. The average Bonchev–Trinajstić information content (AvgIpc) is 2.74. The summed E-state index contributed by atoms with van der Waals surface area (Å²) in [5.41, 5.74) is 1.87. The molecule has 148 valence electrons. The van der Waals surface area contributed by atoms with Crippen molar-refractivity contribution in [1.82, 2.24) is 0 Å². The highest BCUT2D eigenvalue weighted by atomic mass is 79.9. The van der Waals surface area contributed by atoms with Crippen LogP contribution >= 0.6 is 15.9 Å². The van der Waals surface area contributed by atoms with Gasteiger partial charge in [0.05, 0.1) is 0 Å². The Bertz CT molecular complexity index is 974. The van der Waals surface area contributed by atoms with Gasteiger partial charge in [0, 0.05) is 10.2 Å². The molecule has 0 heterocycles. The van der Waals surface area contributed by atoms with Gasteiger partial charge >= 0.3 is 5.97 Å². The maximum absolute atomic E-state index is 12.6. The van der Waals surface area contributed by atoms with Crippen LogP contribution in [0.2, 0.25) is 0 Å². The molecule has 0 bridgehead atoms. The smallest absolute Gasteiger partial charge is 0.342 e. The van der Waals surface area contributed by atoms with Gasteiger partial charge in [-0.1, -0.05) is 58.4 Å². The number of amides is 1. The molecule has 0 aliphatic heterocycles. The number of benzene rings is 3. The lowest BCUT2D eigenvalue weighted by Gasteiger charge is -2.15. The molecule has 0 aliphatic rings. The first-order chi connectivity index (χ1) is 14.0. The van der Waals surface area contributed by atoms with Crippen molar-refractivity contribution in [2.75, 3.05) is 5.32 Å². The van der Waals surface area contributed by atoms with E-state index in [1.807, 2.05) is 42.5 Å². The topological polar surface area (TPSA) is 64.6 Å². The fourth-order valence-corrected chi connectivity index (χ4v) is 2.82. The quantitative estimate of drug-likeness (QED) is 0.498. The van der Waals surface area contributed by atoms with E-state index in [1.54, 1.807) is 36.4 Å². The lowest BCUT2D eigenvalue weighted by Crippen LogP contribution is -2.30. The Morgan fingerprint density at radius 3 is 2.31 bits per heavy atom. The summed E-state index contributed by atoms with van der Waals surface area (Å²) in [6.45, 7) is 1.85. The first kappa shape index (κ1) is 20.6. The van der Waals surface area contributed by atoms with Gasteiger partial charge in [-0.25, -0.2) is 4.79 Å². The van der Waals surface area contributed by atoms with Crippen molar-refractivity contribution in [3.8, 4) is 5.75 Å². The second kappa shape index (κ2) is 9.89. The van der Waals surface area contributed by atoms with Crippen molar-refractivity contribution < 1.29 is 19.1 Å². The molecule has 5 nitrogen and oxygen atoms in total. The van der Waals surface area contributed by atoms with E-state index in [0.29, 0.717) is 18.0 Å². The molecule has 1 atom stereocenters. The summed E-state index contributed by atoms with van der Waals surface area (Å²) in [4.78, 5) is 24.9. The third kappa shape index (κ3) is 5.93. The van der Waals surface area contributed by atoms with Crippen molar-refractivity contribution in [3.05, 3.63) is 94.5 Å². The minimum absolute atomic E-state index is 0.270. The Morgan fingerprint density at radius 1 is 0.931 bits per heavy atom. The summed E-state index contributed by atoms with van der Waals surface area (Å²) >= 11 is 3.34. The molecule has 1 N–H and O–H groups in total. The Kier molecular flexibility index (Phi) is 7.03. The molecule has 3 aromatic rings. The number of halogens is 1. The van der Waals surface area contributed by atoms with Crippen LogP contribution in [0.4, 0.5) is 5.69 Å². The Balaban J connectivity index is 1.62. The molecule has 6 heteroatoms. The lowest BCUT2D eigenvalue weighted by molar-refractivity contribution is -0.123. The van der Waals surface area contributed by atoms with Crippen LogP contribution in [0.5, 0.6) is 5.75 Å². The Hall–Kier alpha value is -3.12. The fourth-order valence-electron chi connectivity index (χ4n) is 2.55. The number of anilines is 1. The SMILES string of the molecule is C[C@H](OC(=O)c1ccccc1OCc1ccccc1)C(=O)Nc1ccc(Br)cc1. The Labute approximate surface area is 177 Å². The molecule has 0 unspecified atom stereocenters. The lowest BCUT2D eigenvalue weighted by atomic mass is 10.2. The largest absolute Gasteiger partial charge is 0.488 e. The van der Waals surface area contributed by atoms with Gasteiger partial charge in [0.1, 0.15) is 17.9 Å². The van der Waals surface area contributed by atoms with Crippen LogP contribution in [-0.4, -0.2) is 18.0 Å². The number of nitrogens with one attached hydrogen (secondary N) is 1. The third-order valence-electron chi connectivity index (χ3n) is 4.11. The number of hydrogen-bond donors (Lipinski definition) is 1. The summed E-state index contributed by atoms with van der Waals surface area (Å²) in [7, 11) is 0. The summed E-state index contributed by atoms with van der Waals surface area (Å²) in [6.07, 6.45) is -0.965. The molecule has 0 aliphatic carbocycles. The predicted molar refractivity (Wildman–Crippen MR) is 115 cm³/mol. The molecule has 3 rings (SSSR count). The monoisotopic (exact) mass is 453 g/mol. The van der Waals surface area contributed by atoms with Crippen LogP contribution in [0.15, 0.2) is 83.3 Å². The van der Waals surface area contributed by atoms with Crippen molar-refractivity contribution in [2.45, 2.75) is 19.6 Å². The normalized spacial score (nSPS) is 11.4. The summed E-state index contributed by atoms with van der Waals surface area (Å²) in [5, 5.41) is 2.72. The minimum Gasteiger partial charge on any atom is -0.488 e. The zero-order chi connectivity index (χ0) is 20.6. The molecule has 0 fully saturated rings. The van der Waals surface area contributed by atoms with Gasteiger partial charge in [-0.2, -0.15) is 0 Å². The number of para-hydroxylation sites is 1. The van der Waals surface area contributed by atoms with E-state index in [4.69, 9.17) is 9.47 Å². The molecule has 3 aromatic carbocycles.